The summed E-state index contributed by atoms with van der Waals surface area (Å²) >= 11 is 0. The number of Topliss-reactive ketones (excluding diaryl/α,β-unsaturated/α-hetero) is 1. The number of para-hydroxylation sites is 1. The standard InChI is InChI=1S/C13H13NO2/c14-10-13(8-11(15)9-13)6-7-16-12-4-2-1-3-5-12/h1-5H,6-9H2. The van der Waals surface area contributed by atoms with Gasteiger partial charge in [-0.05, 0) is 12.1 Å². The molecule has 0 atom stereocenters. The molecule has 0 spiro atoms. The van der Waals surface area contributed by atoms with Gasteiger partial charge in [0.05, 0.1) is 18.1 Å². The maximum atomic E-state index is 10.9. The summed E-state index contributed by atoms with van der Waals surface area (Å²) in [6, 6.07) is 11.7. The Balaban J connectivity index is 1.81. The molecule has 3 nitrogen and oxygen atoms in total. The van der Waals surface area contributed by atoms with Gasteiger partial charge in [-0.1, -0.05) is 18.2 Å². The number of rotatable bonds is 4. The van der Waals surface area contributed by atoms with E-state index in [4.69, 9.17) is 10.00 Å². The molecule has 1 saturated carbocycles. The molecule has 1 aliphatic carbocycles. The maximum absolute atomic E-state index is 10.9. The van der Waals surface area contributed by atoms with Gasteiger partial charge in [0.1, 0.15) is 11.5 Å². The molecule has 0 saturated heterocycles. The van der Waals surface area contributed by atoms with Crippen LogP contribution < -0.4 is 4.74 Å². The van der Waals surface area contributed by atoms with Crippen molar-refractivity contribution in [2.45, 2.75) is 19.3 Å². The van der Waals surface area contributed by atoms with Crippen LogP contribution in [0.1, 0.15) is 19.3 Å². The van der Waals surface area contributed by atoms with E-state index < -0.39 is 5.41 Å². The van der Waals surface area contributed by atoms with Crippen molar-refractivity contribution in [3.8, 4) is 11.8 Å². The van der Waals surface area contributed by atoms with Crippen molar-refractivity contribution in [2.24, 2.45) is 5.41 Å². The average molecular weight is 215 g/mol. The fourth-order valence-electron chi connectivity index (χ4n) is 1.90. The summed E-state index contributed by atoms with van der Waals surface area (Å²) < 4.78 is 5.51. The van der Waals surface area contributed by atoms with Gasteiger partial charge >= 0.3 is 0 Å². The lowest BCUT2D eigenvalue weighted by atomic mass is 9.67. The van der Waals surface area contributed by atoms with Crippen LogP contribution >= 0.6 is 0 Å². The molecule has 0 radical (unpaired) electrons. The predicted molar refractivity (Wildman–Crippen MR) is 58.8 cm³/mol. The van der Waals surface area contributed by atoms with Crippen LogP contribution in [0.15, 0.2) is 30.3 Å². The van der Waals surface area contributed by atoms with Gasteiger partial charge in [-0.15, -0.1) is 0 Å². The predicted octanol–water partition coefficient (Wildman–Crippen LogP) is 2.33. The van der Waals surface area contributed by atoms with E-state index in [-0.39, 0.29) is 5.78 Å². The first kappa shape index (κ1) is 10.7. The Labute approximate surface area is 94.6 Å². The number of nitriles is 1. The summed E-state index contributed by atoms with van der Waals surface area (Å²) in [6.45, 7) is 0.491. The van der Waals surface area contributed by atoms with Gasteiger partial charge in [0, 0.05) is 19.3 Å². The van der Waals surface area contributed by atoms with Gasteiger partial charge in [-0.3, -0.25) is 4.79 Å². The number of hydrogen-bond donors (Lipinski definition) is 0. The molecule has 1 fully saturated rings. The van der Waals surface area contributed by atoms with Crippen molar-refractivity contribution in [3.63, 3.8) is 0 Å². The highest BCUT2D eigenvalue weighted by atomic mass is 16.5. The molecular formula is C13H13NO2. The quantitative estimate of drug-likeness (QED) is 0.774. The Morgan fingerprint density at radius 3 is 2.56 bits per heavy atom. The molecule has 0 amide bonds. The molecule has 3 heteroatoms. The molecule has 1 aromatic carbocycles. The van der Waals surface area contributed by atoms with Crippen LogP contribution in [0.5, 0.6) is 5.75 Å². The minimum Gasteiger partial charge on any atom is -0.494 e. The van der Waals surface area contributed by atoms with Crippen LogP contribution in [-0.2, 0) is 4.79 Å². The van der Waals surface area contributed by atoms with Gasteiger partial charge < -0.3 is 4.74 Å². The van der Waals surface area contributed by atoms with E-state index in [1.165, 1.54) is 0 Å². The highest BCUT2D eigenvalue weighted by molar-refractivity contribution is 5.87. The van der Waals surface area contributed by atoms with E-state index in [1.807, 2.05) is 30.3 Å². The molecule has 0 aliphatic heterocycles. The van der Waals surface area contributed by atoms with Crippen molar-refractivity contribution in [3.05, 3.63) is 30.3 Å². The zero-order valence-electron chi connectivity index (χ0n) is 8.98. The third-order valence-electron chi connectivity index (χ3n) is 2.90. The van der Waals surface area contributed by atoms with Crippen LogP contribution in [0.3, 0.4) is 0 Å². The number of ether oxygens (including phenoxy) is 1. The lowest BCUT2D eigenvalue weighted by Gasteiger charge is -2.33. The zero-order valence-corrected chi connectivity index (χ0v) is 8.98. The SMILES string of the molecule is N#CC1(CCOc2ccccc2)CC(=O)C1. The third kappa shape index (κ3) is 2.22. The number of hydrogen-bond acceptors (Lipinski definition) is 3. The minimum absolute atomic E-state index is 0.182. The van der Waals surface area contributed by atoms with Crippen LogP contribution in [-0.4, -0.2) is 12.4 Å². The topological polar surface area (TPSA) is 50.1 Å². The molecule has 0 bridgehead atoms. The lowest BCUT2D eigenvalue weighted by molar-refractivity contribution is -0.130. The Kier molecular flexibility index (Phi) is 2.91. The lowest BCUT2D eigenvalue weighted by Crippen LogP contribution is -2.37. The highest BCUT2D eigenvalue weighted by Gasteiger charge is 2.43. The van der Waals surface area contributed by atoms with E-state index in [0.29, 0.717) is 25.9 Å². The highest BCUT2D eigenvalue weighted by Crippen LogP contribution is 2.40. The van der Waals surface area contributed by atoms with Crippen molar-refractivity contribution in [2.75, 3.05) is 6.61 Å². The van der Waals surface area contributed by atoms with Crippen LogP contribution in [0.25, 0.3) is 0 Å². The van der Waals surface area contributed by atoms with Crippen molar-refractivity contribution < 1.29 is 9.53 Å². The summed E-state index contributed by atoms with van der Waals surface area (Å²) in [5.74, 6) is 0.988. The molecule has 1 aliphatic rings. The van der Waals surface area contributed by atoms with E-state index in [0.717, 1.165) is 5.75 Å². The summed E-state index contributed by atoms with van der Waals surface area (Å²) in [7, 11) is 0. The van der Waals surface area contributed by atoms with Gasteiger partial charge in [0.15, 0.2) is 0 Å². The number of ketones is 1. The van der Waals surface area contributed by atoms with E-state index in [9.17, 15) is 4.79 Å². The fraction of sp³-hybridized carbons (Fsp3) is 0.385. The third-order valence-corrected chi connectivity index (χ3v) is 2.90. The minimum atomic E-state index is -0.453. The second-order valence-corrected chi connectivity index (χ2v) is 4.20. The zero-order chi connectivity index (χ0) is 11.4. The van der Waals surface area contributed by atoms with E-state index in [1.54, 1.807) is 0 Å². The van der Waals surface area contributed by atoms with Crippen LogP contribution in [0, 0.1) is 16.7 Å². The van der Waals surface area contributed by atoms with Crippen LogP contribution in [0.4, 0.5) is 0 Å². The summed E-state index contributed by atoms with van der Waals surface area (Å²) in [6.07, 6.45) is 1.41. The molecule has 1 aromatic rings. The number of nitrogens with zero attached hydrogens (tertiary/aromatic N) is 1. The molecule has 0 unspecified atom stereocenters. The summed E-state index contributed by atoms with van der Waals surface area (Å²) in [4.78, 5) is 10.9. The number of carbonyl (C=O) groups is 1. The van der Waals surface area contributed by atoms with Gasteiger partial charge in [-0.25, -0.2) is 0 Å². The Hall–Kier alpha value is -1.82. The molecule has 0 heterocycles. The number of benzene rings is 1. The van der Waals surface area contributed by atoms with E-state index >= 15 is 0 Å². The molecule has 16 heavy (non-hydrogen) atoms. The number of carbonyl (C=O) groups excluding carboxylic acids is 1. The normalized spacial score (nSPS) is 17.3. The largest absolute Gasteiger partial charge is 0.494 e. The van der Waals surface area contributed by atoms with Gasteiger partial charge in [-0.2, -0.15) is 5.26 Å². The fourth-order valence-corrected chi connectivity index (χ4v) is 1.90. The Bertz CT molecular complexity index is 411. The van der Waals surface area contributed by atoms with E-state index in [2.05, 4.69) is 6.07 Å². The van der Waals surface area contributed by atoms with Crippen molar-refractivity contribution in [1.29, 1.82) is 5.26 Å². The molecular weight excluding hydrogens is 202 g/mol. The first-order valence-electron chi connectivity index (χ1n) is 5.35. The van der Waals surface area contributed by atoms with Crippen molar-refractivity contribution in [1.82, 2.24) is 0 Å². The monoisotopic (exact) mass is 215 g/mol. The van der Waals surface area contributed by atoms with Gasteiger partial charge in [0.2, 0.25) is 0 Å². The second-order valence-electron chi connectivity index (χ2n) is 4.20. The van der Waals surface area contributed by atoms with Crippen molar-refractivity contribution >= 4 is 5.78 Å². The summed E-state index contributed by atoms with van der Waals surface area (Å²) in [5.41, 5.74) is -0.453. The maximum Gasteiger partial charge on any atom is 0.136 e. The first-order valence-corrected chi connectivity index (χ1v) is 5.35. The second kappa shape index (κ2) is 4.36. The Morgan fingerprint density at radius 1 is 1.31 bits per heavy atom. The first-order chi connectivity index (χ1) is 7.74. The Morgan fingerprint density at radius 2 is 2.00 bits per heavy atom. The molecule has 0 N–H and O–H groups in total. The molecule has 82 valence electrons. The van der Waals surface area contributed by atoms with Gasteiger partial charge in [0.25, 0.3) is 0 Å². The van der Waals surface area contributed by atoms with Crippen LogP contribution in [0.2, 0.25) is 0 Å². The molecule has 2 rings (SSSR count). The summed E-state index contributed by atoms with van der Waals surface area (Å²) in [5, 5.41) is 8.99. The average Bonchev–Trinajstić information content (AvgIpc) is 2.27. The molecule has 0 aromatic heterocycles. The smallest absolute Gasteiger partial charge is 0.136 e.